The topological polar surface area (TPSA) is 50.4 Å². The predicted octanol–water partition coefficient (Wildman–Crippen LogP) is 4.17. The van der Waals surface area contributed by atoms with Crippen LogP contribution >= 0.6 is 31.9 Å². The number of hydrogen-bond donors (Lipinski definition) is 1. The van der Waals surface area contributed by atoms with Crippen molar-refractivity contribution in [3.63, 3.8) is 0 Å². The van der Waals surface area contributed by atoms with Gasteiger partial charge in [-0.1, -0.05) is 30.3 Å². The van der Waals surface area contributed by atoms with E-state index in [-0.39, 0.29) is 5.76 Å². The summed E-state index contributed by atoms with van der Waals surface area (Å²) in [7, 11) is 0. The molecule has 1 heterocycles. The molecule has 2 rings (SSSR count). The molecule has 0 fully saturated rings. The molecule has 0 unspecified atom stereocenters. The Balaban J connectivity index is 2.68. The van der Waals surface area contributed by atoms with Crippen LogP contribution in [0.2, 0.25) is 0 Å². The lowest BCUT2D eigenvalue weighted by atomic mass is 10.1. The number of furan rings is 1. The van der Waals surface area contributed by atoms with Gasteiger partial charge in [0.1, 0.15) is 0 Å². The second-order valence-corrected chi connectivity index (χ2v) is 4.58. The van der Waals surface area contributed by atoms with Gasteiger partial charge in [-0.05, 0) is 37.4 Å². The van der Waals surface area contributed by atoms with E-state index in [0.29, 0.717) is 14.7 Å². The predicted molar refractivity (Wildman–Crippen MR) is 66.5 cm³/mol. The van der Waals surface area contributed by atoms with E-state index in [1.165, 1.54) is 0 Å². The van der Waals surface area contributed by atoms with Crippen molar-refractivity contribution >= 4 is 37.8 Å². The summed E-state index contributed by atoms with van der Waals surface area (Å²) in [5, 5.41) is 9.03. The summed E-state index contributed by atoms with van der Waals surface area (Å²) < 4.78 is 6.12. The molecule has 2 aromatic rings. The lowest BCUT2D eigenvalue weighted by molar-refractivity contribution is 0.0662. The highest BCUT2D eigenvalue weighted by atomic mass is 79.9. The molecule has 5 heteroatoms. The molecule has 0 saturated carbocycles. The molecule has 0 radical (unpaired) electrons. The summed E-state index contributed by atoms with van der Waals surface area (Å²) in [6.45, 7) is 0. The first-order valence-electron chi connectivity index (χ1n) is 4.37. The van der Waals surface area contributed by atoms with Gasteiger partial charge in [0.2, 0.25) is 5.76 Å². The van der Waals surface area contributed by atoms with Gasteiger partial charge in [0, 0.05) is 0 Å². The molecule has 1 N–H and O–H groups in total. The fraction of sp³-hybridized carbons (Fsp3) is 0. The van der Waals surface area contributed by atoms with Crippen LogP contribution in [-0.4, -0.2) is 11.1 Å². The van der Waals surface area contributed by atoms with Crippen molar-refractivity contribution in [2.45, 2.75) is 0 Å². The average molecular weight is 346 g/mol. The number of halogens is 2. The summed E-state index contributed by atoms with van der Waals surface area (Å²) in [5.74, 6) is -1.17. The zero-order valence-corrected chi connectivity index (χ0v) is 11.1. The fourth-order valence-corrected chi connectivity index (χ4v) is 2.25. The summed E-state index contributed by atoms with van der Waals surface area (Å²) in [4.78, 5) is 11.0. The van der Waals surface area contributed by atoms with Crippen molar-refractivity contribution in [1.29, 1.82) is 0 Å². The monoisotopic (exact) mass is 344 g/mol. The number of carboxylic acid groups (broad SMARTS) is 1. The molecule has 0 spiro atoms. The third kappa shape index (κ3) is 1.92. The Morgan fingerprint density at radius 3 is 2.38 bits per heavy atom. The zero-order valence-electron chi connectivity index (χ0n) is 7.91. The van der Waals surface area contributed by atoms with Crippen molar-refractivity contribution in [3.8, 4) is 11.1 Å². The first kappa shape index (κ1) is 11.4. The number of carbonyl (C=O) groups is 1. The maximum absolute atomic E-state index is 11.0. The maximum atomic E-state index is 11.0. The number of hydrogen-bond acceptors (Lipinski definition) is 2. The normalized spacial score (nSPS) is 10.4. The molecule has 0 saturated heterocycles. The van der Waals surface area contributed by atoms with Crippen LogP contribution in [0.15, 0.2) is 43.9 Å². The van der Waals surface area contributed by atoms with E-state index in [9.17, 15) is 4.79 Å². The van der Waals surface area contributed by atoms with Crippen LogP contribution in [0.3, 0.4) is 0 Å². The lowest BCUT2D eigenvalue weighted by Crippen LogP contribution is -1.95. The number of benzene rings is 1. The first-order chi connectivity index (χ1) is 7.61. The third-order valence-corrected chi connectivity index (χ3v) is 3.91. The second kappa shape index (κ2) is 4.43. The fourth-order valence-electron chi connectivity index (χ4n) is 1.40. The van der Waals surface area contributed by atoms with Gasteiger partial charge in [0.15, 0.2) is 4.67 Å². The van der Waals surface area contributed by atoms with E-state index in [0.717, 1.165) is 5.56 Å². The molecule has 0 amide bonds. The molecular weight excluding hydrogens is 340 g/mol. The molecule has 82 valence electrons. The standard InChI is InChI=1S/C11H6Br2O3/c12-8-7(6-4-2-1-3-5-6)9(11(14)15)16-10(8)13/h1-5H,(H,14,15). The Bertz CT molecular complexity index is 532. The minimum Gasteiger partial charge on any atom is -0.475 e. The summed E-state index contributed by atoms with van der Waals surface area (Å²) in [5.41, 5.74) is 1.33. The maximum Gasteiger partial charge on any atom is 0.372 e. The molecule has 3 nitrogen and oxygen atoms in total. The van der Waals surface area contributed by atoms with E-state index in [2.05, 4.69) is 31.9 Å². The molecule has 0 aliphatic heterocycles. The Hall–Kier alpha value is -1.07. The highest BCUT2D eigenvalue weighted by molar-refractivity contribution is 9.13. The van der Waals surface area contributed by atoms with Gasteiger partial charge in [-0.15, -0.1) is 0 Å². The van der Waals surface area contributed by atoms with Gasteiger partial charge < -0.3 is 9.52 Å². The van der Waals surface area contributed by atoms with Crippen molar-refractivity contribution in [3.05, 3.63) is 45.2 Å². The Morgan fingerprint density at radius 2 is 1.81 bits per heavy atom. The molecule has 1 aromatic carbocycles. The highest BCUT2D eigenvalue weighted by Crippen LogP contribution is 2.39. The first-order valence-corrected chi connectivity index (χ1v) is 5.96. The van der Waals surface area contributed by atoms with E-state index in [1.54, 1.807) is 0 Å². The molecule has 0 aliphatic carbocycles. The van der Waals surface area contributed by atoms with Gasteiger partial charge >= 0.3 is 5.97 Å². The summed E-state index contributed by atoms with van der Waals surface area (Å²) in [6, 6.07) is 9.21. The minimum atomic E-state index is -1.09. The van der Waals surface area contributed by atoms with Gasteiger partial charge in [-0.3, -0.25) is 0 Å². The van der Waals surface area contributed by atoms with Gasteiger partial charge in [-0.2, -0.15) is 0 Å². The van der Waals surface area contributed by atoms with Crippen molar-refractivity contribution in [1.82, 2.24) is 0 Å². The number of rotatable bonds is 2. The van der Waals surface area contributed by atoms with Crippen molar-refractivity contribution in [2.24, 2.45) is 0 Å². The van der Waals surface area contributed by atoms with Crippen LogP contribution in [0.5, 0.6) is 0 Å². The number of carboxylic acids is 1. The van der Waals surface area contributed by atoms with Gasteiger partial charge in [-0.25, -0.2) is 4.79 Å². The molecule has 0 aliphatic rings. The van der Waals surface area contributed by atoms with Crippen molar-refractivity contribution < 1.29 is 14.3 Å². The van der Waals surface area contributed by atoms with Crippen LogP contribution in [0.1, 0.15) is 10.6 Å². The second-order valence-electron chi connectivity index (χ2n) is 3.07. The average Bonchev–Trinajstić information content (AvgIpc) is 2.57. The highest BCUT2D eigenvalue weighted by Gasteiger charge is 2.23. The minimum absolute atomic E-state index is 0.0787. The van der Waals surface area contributed by atoms with Crippen LogP contribution in [0, 0.1) is 0 Å². The Labute approximate surface area is 108 Å². The quantitative estimate of drug-likeness (QED) is 0.888. The Kier molecular flexibility index (Phi) is 3.16. The zero-order chi connectivity index (χ0) is 11.7. The largest absolute Gasteiger partial charge is 0.475 e. The van der Waals surface area contributed by atoms with E-state index < -0.39 is 5.97 Å². The van der Waals surface area contributed by atoms with E-state index in [4.69, 9.17) is 9.52 Å². The summed E-state index contributed by atoms with van der Waals surface area (Å²) >= 11 is 6.46. The molecule has 1 aromatic heterocycles. The Morgan fingerprint density at radius 1 is 1.19 bits per heavy atom. The van der Waals surface area contributed by atoms with Crippen LogP contribution in [0.4, 0.5) is 0 Å². The SMILES string of the molecule is O=C(O)c1oc(Br)c(Br)c1-c1ccccc1. The molecular formula is C11H6Br2O3. The van der Waals surface area contributed by atoms with E-state index in [1.807, 2.05) is 30.3 Å². The molecule has 0 bridgehead atoms. The van der Waals surface area contributed by atoms with Crippen LogP contribution < -0.4 is 0 Å². The molecule has 0 atom stereocenters. The summed E-state index contributed by atoms with van der Waals surface area (Å²) in [6.07, 6.45) is 0. The van der Waals surface area contributed by atoms with Gasteiger partial charge in [0.25, 0.3) is 0 Å². The number of aromatic carboxylic acids is 1. The van der Waals surface area contributed by atoms with Gasteiger partial charge in [0.05, 0.1) is 10.0 Å². The van der Waals surface area contributed by atoms with E-state index >= 15 is 0 Å². The van der Waals surface area contributed by atoms with Crippen LogP contribution in [0.25, 0.3) is 11.1 Å². The molecule has 16 heavy (non-hydrogen) atoms. The lowest BCUT2D eigenvalue weighted by Gasteiger charge is -1.99. The smallest absolute Gasteiger partial charge is 0.372 e. The van der Waals surface area contributed by atoms with Crippen molar-refractivity contribution in [2.75, 3.05) is 0 Å². The third-order valence-electron chi connectivity index (χ3n) is 2.07. The van der Waals surface area contributed by atoms with Crippen LogP contribution in [-0.2, 0) is 0 Å².